The summed E-state index contributed by atoms with van der Waals surface area (Å²) >= 11 is 0. The van der Waals surface area contributed by atoms with E-state index in [1.807, 2.05) is 27.7 Å². The van der Waals surface area contributed by atoms with Crippen molar-refractivity contribution in [1.29, 1.82) is 0 Å². The second-order valence-electron chi connectivity index (χ2n) is 12.1. The van der Waals surface area contributed by atoms with E-state index in [2.05, 4.69) is 13.8 Å². The summed E-state index contributed by atoms with van der Waals surface area (Å²) in [6.45, 7) is 12.8. The van der Waals surface area contributed by atoms with Gasteiger partial charge in [0, 0.05) is 12.3 Å². The number of rotatable bonds is 4. The monoisotopic (exact) mass is 420 g/mol. The summed E-state index contributed by atoms with van der Waals surface area (Å²) in [4.78, 5) is 13.4. The van der Waals surface area contributed by atoms with Crippen LogP contribution in [0.1, 0.15) is 112 Å². The average Bonchev–Trinajstić information content (AvgIpc) is 3.00. The van der Waals surface area contributed by atoms with Gasteiger partial charge >= 0.3 is 0 Å². The van der Waals surface area contributed by atoms with Gasteiger partial charge in [-0.2, -0.15) is 0 Å². The van der Waals surface area contributed by atoms with Crippen LogP contribution in [0.25, 0.3) is 0 Å². The summed E-state index contributed by atoms with van der Waals surface area (Å²) in [6.07, 6.45) is 11.5. The predicted molar refractivity (Wildman–Crippen MR) is 123 cm³/mol. The number of hydrogen-bond donors (Lipinski definition) is 2. The molecule has 3 heteroatoms. The molecule has 4 saturated carbocycles. The van der Waals surface area contributed by atoms with Gasteiger partial charge in [-0.25, -0.2) is 0 Å². The summed E-state index contributed by atoms with van der Waals surface area (Å²) < 4.78 is 0. The predicted octanol–water partition coefficient (Wildman–Crippen LogP) is 6.15. The van der Waals surface area contributed by atoms with Crippen LogP contribution in [0.4, 0.5) is 0 Å². The normalized spacial score (nSPS) is 45.7. The second kappa shape index (κ2) is 8.85. The van der Waals surface area contributed by atoms with Gasteiger partial charge in [-0.3, -0.25) is 4.79 Å². The molecule has 4 aliphatic rings. The van der Waals surface area contributed by atoms with Gasteiger partial charge in [0.15, 0.2) is 0 Å². The lowest BCUT2D eigenvalue weighted by Gasteiger charge is -2.60. The number of fused-ring (bicyclic) bond motifs is 5. The molecule has 0 saturated heterocycles. The van der Waals surface area contributed by atoms with Crippen molar-refractivity contribution in [3.8, 4) is 0 Å². The summed E-state index contributed by atoms with van der Waals surface area (Å²) in [6, 6.07) is 0. The highest BCUT2D eigenvalue weighted by molar-refractivity contribution is 5.83. The van der Waals surface area contributed by atoms with E-state index < -0.39 is 5.60 Å². The molecule has 5 unspecified atom stereocenters. The number of Topliss-reactive ketones (excluding diaryl/α,β-unsaturated/α-hetero) is 1. The van der Waals surface area contributed by atoms with Gasteiger partial charge in [0.05, 0.1) is 11.7 Å². The fourth-order valence-electron chi connectivity index (χ4n) is 8.27. The highest BCUT2D eigenvalue weighted by atomic mass is 16.3. The van der Waals surface area contributed by atoms with Crippen molar-refractivity contribution in [2.24, 2.45) is 40.4 Å². The highest BCUT2D eigenvalue weighted by Crippen LogP contribution is 2.67. The molecule has 0 radical (unpaired) electrons. The molecule has 8 atom stereocenters. The summed E-state index contributed by atoms with van der Waals surface area (Å²) in [7, 11) is 0. The van der Waals surface area contributed by atoms with Crippen molar-refractivity contribution >= 4 is 5.78 Å². The fourth-order valence-corrected chi connectivity index (χ4v) is 8.27. The van der Waals surface area contributed by atoms with E-state index in [0.717, 1.165) is 32.1 Å². The third kappa shape index (κ3) is 4.27. The minimum absolute atomic E-state index is 0.192. The third-order valence-electron chi connectivity index (χ3n) is 9.98. The van der Waals surface area contributed by atoms with Crippen molar-refractivity contribution in [2.45, 2.75) is 124 Å². The van der Waals surface area contributed by atoms with Gasteiger partial charge in [-0.1, -0.05) is 34.1 Å². The second-order valence-corrected chi connectivity index (χ2v) is 12.1. The first-order chi connectivity index (χ1) is 14.0. The Morgan fingerprint density at radius 2 is 1.63 bits per heavy atom. The van der Waals surface area contributed by atoms with E-state index in [-0.39, 0.29) is 17.4 Å². The van der Waals surface area contributed by atoms with E-state index in [4.69, 9.17) is 0 Å². The first-order valence-corrected chi connectivity index (χ1v) is 13.0. The van der Waals surface area contributed by atoms with E-state index >= 15 is 0 Å². The molecule has 2 N–H and O–H groups in total. The maximum atomic E-state index is 13.4. The maximum absolute atomic E-state index is 13.4. The molecule has 0 aromatic rings. The molecule has 174 valence electrons. The molecule has 0 spiro atoms. The molecule has 0 amide bonds. The van der Waals surface area contributed by atoms with E-state index in [9.17, 15) is 15.0 Å². The van der Waals surface area contributed by atoms with Gasteiger partial charge in [0.1, 0.15) is 5.78 Å². The molecular formula is C27H48O3. The van der Waals surface area contributed by atoms with Crippen LogP contribution in [-0.2, 0) is 4.79 Å². The first kappa shape index (κ1) is 24.2. The summed E-state index contributed by atoms with van der Waals surface area (Å²) in [5.74, 6) is 3.02. The van der Waals surface area contributed by atoms with Gasteiger partial charge in [-0.15, -0.1) is 0 Å². The Labute approximate surface area is 185 Å². The summed E-state index contributed by atoms with van der Waals surface area (Å²) in [5, 5.41) is 20.3. The molecule has 3 nitrogen and oxygen atoms in total. The lowest BCUT2D eigenvalue weighted by atomic mass is 9.44. The number of hydrogen-bond acceptors (Lipinski definition) is 3. The molecule has 4 rings (SSSR count). The Morgan fingerprint density at radius 1 is 1.00 bits per heavy atom. The lowest BCUT2D eigenvalue weighted by molar-refractivity contribution is -0.160. The zero-order chi connectivity index (χ0) is 22.3. The van der Waals surface area contributed by atoms with Crippen molar-refractivity contribution in [1.82, 2.24) is 0 Å². The minimum atomic E-state index is -0.564. The Balaban J connectivity index is 0.00000124. The molecule has 0 bridgehead atoms. The molecule has 0 aromatic heterocycles. The van der Waals surface area contributed by atoms with Gasteiger partial charge in [-0.05, 0) is 106 Å². The zero-order valence-electron chi connectivity index (χ0n) is 20.5. The topological polar surface area (TPSA) is 57.5 Å². The molecule has 4 fully saturated rings. The van der Waals surface area contributed by atoms with Crippen LogP contribution < -0.4 is 0 Å². The molecule has 4 aliphatic carbocycles. The van der Waals surface area contributed by atoms with E-state index in [1.165, 1.54) is 32.1 Å². The average molecular weight is 421 g/mol. The Morgan fingerprint density at radius 3 is 2.30 bits per heavy atom. The number of carbonyl (C=O) groups is 1. The van der Waals surface area contributed by atoms with Crippen LogP contribution in [0.2, 0.25) is 0 Å². The molecular weight excluding hydrogens is 372 g/mol. The number of aliphatic hydroxyl groups is 2. The zero-order valence-corrected chi connectivity index (χ0v) is 20.5. The third-order valence-corrected chi connectivity index (χ3v) is 9.98. The molecule has 0 heterocycles. The van der Waals surface area contributed by atoms with Gasteiger partial charge < -0.3 is 10.2 Å². The fraction of sp³-hybridized carbons (Fsp3) is 0.963. The summed E-state index contributed by atoms with van der Waals surface area (Å²) in [5.41, 5.74) is 0.0109. The maximum Gasteiger partial charge on any atom is 0.136 e. The van der Waals surface area contributed by atoms with Crippen LogP contribution in [0.15, 0.2) is 0 Å². The van der Waals surface area contributed by atoms with E-state index in [0.29, 0.717) is 41.3 Å². The van der Waals surface area contributed by atoms with Crippen molar-refractivity contribution in [3.05, 3.63) is 0 Å². The largest absolute Gasteiger partial charge is 0.393 e. The van der Waals surface area contributed by atoms with Crippen LogP contribution in [0, 0.1) is 40.4 Å². The smallest absolute Gasteiger partial charge is 0.136 e. The van der Waals surface area contributed by atoms with Crippen LogP contribution >= 0.6 is 0 Å². The lowest BCUT2D eigenvalue weighted by Crippen LogP contribution is -2.57. The van der Waals surface area contributed by atoms with Gasteiger partial charge in [0.25, 0.3) is 0 Å². The quantitative estimate of drug-likeness (QED) is 0.573. The highest BCUT2D eigenvalue weighted by Gasteiger charge is 2.62. The Hall–Kier alpha value is -0.410. The number of ketones is 1. The number of aliphatic hydroxyl groups excluding tert-OH is 1. The van der Waals surface area contributed by atoms with Crippen molar-refractivity contribution < 1.29 is 15.0 Å². The minimum Gasteiger partial charge on any atom is -0.393 e. The molecule has 0 aromatic carbocycles. The number of carbonyl (C=O) groups excluding carboxylic acids is 1. The van der Waals surface area contributed by atoms with Gasteiger partial charge in [0.2, 0.25) is 0 Å². The first-order valence-electron chi connectivity index (χ1n) is 13.0. The van der Waals surface area contributed by atoms with Crippen LogP contribution in [0.3, 0.4) is 0 Å². The van der Waals surface area contributed by atoms with Crippen molar-refractivity contribution in [2.75, 3.05) is 0 Å². The molecule has 30 heavy (non-hydrogen) atoms. The standard InChI is InChI=1S/C25H42O3.C2H6/c1-23(2,28)11-5-6-16-7-8-19-22-20(10-13-24(16,19)3)25(4)12-9-18(26)14-17(25)15-21(22)27;1-2/h16-20,22,26,28H,5-15H2,1-4H3;1-2H3/t16-,17?,18-,19?,20?,22?,24+,25?;/m0./s1. The SMILES string of the molecule is CC.CC(C)(O)CCC[C@H]1CCC2C3C(=O)CC4C[C@@H](O)CCC4(C)C3CC[C@@]21C. The Kier molecular flexibility index (Phi) is 7.15. The molecule has 0 aliphatic heterocycles. The van der Waals surface area contributed by atoms with Crippen LogP contribution in [-0.4, -0.2) is 27.7 Å². The van der Waals surface area contributed by atoms with Crippen molar-refractivity contribution in [3.63, 3.8) is 0 Å². The Bertz CT molecular complexity index is 608. The van der Waals surface area contributed by atoms with Crippen LogP contribution in [0.5, 0.6) is 0 Å². The van der Waals surface area contributed by atoms with E-state index in [1.54, 1.807) is 0 Å².